The third-order valence-electron chi connectivity index (χ3n) is 6.11. The van der Waals surface area contributed by atoms with Gasteiger partial charge in [-0.15, -0.1) is 11.3 Å². The molecular weight excluding hydrogens is 410 g/mol. The molecule has 3 aromatic heterocycles. The number of aromatic nitrogens is 4. The second-order valence-corrected chi connectivity index (χ2v) is 8.92. The highest BCUT2D eigenvalue weighted by Crippen LogP contribution is 2.43. The van der Waals surface area contributed by atoms with Crippen LogP contribution < -0.4 is 11.2 Å². The zero-order chi connectivity index (χ0) is 21.9. The van der Waals surface area contributed by atoms with Crippen LogP contribution in [0.25, 0.3) is 22.2 Å². The van der Waals surface area contributed by atoms with Crippen molar-refractivity contribution in [3.8, 4) is 17.3 Å². The van der Waals surface area contributed by atoms with Crippen molar-refractivity contribution in [2.24, 2.45) is 14.1 Å². The summed E-state index contributed by atoms with van der Waals surface area (Å²) in [5.41, 5.74) is 4.06. The Kier molecular flexibility index (Phi) is 4.45. The van der Waals surface area contributed by atoms with Crippen molar-refractivity contribution in [2.45, 2.75) is 32.2 Å². The minimum Gasteiger partial charge on any atom is -0.341 e. The highest BCUT2D eigenvalue weighted by atomic mass is 32.1. The minimum absolute atomic E-state index is 0.0144. The van der Waals surface area contributed by atoms with E-state index >= 15 is 0 Å². The number of thiazole rings is 1. The molecule has 0 bridgehead atoms. The Morgan fingerprint density at radius 2 is 2.03 bits per heavy atom. The molecule has 1 atom stereocenters. The molecular formula is C23H21N5O2S. The Morgan fingerprint density at radius 3 is 2.74 bits per heavy atom. The monoisotopic (exact) mass is 431 g/mol. The van der Waals surface area contributed by atoms with Crippen molar-refractivity contribution < 1.29 is 0 Å². The van der Waals surface area contributed by atoms with Crippen LogP contribution in [0.2, 0.25) is 0 Å². The highest BCUT2D eigenvalue weighted by Gasteiger charge is 2.33. The predicted molar refractivity (Wildman–Crippen MR) is 120 cm³/mol. The van der Waals surface area contributed by atoms with Crippen molar-refractivity contribution in [3.63, 3.8) is 0 Å². The smallest absolute Gasteiger partial charge is 0.331 e. The van der Waals surface area contributed by atoms with E-state index in [1.54, 1.807) is 29.0 Å². The first-order valence-electron chi connectivity index (χ1n) is 10.2. The summed E-state index contributed by atoms with van der Waals surface area (Å²) in [5, 5.41) is 13.0. The lowest BCUT2D eigenvalue weighted by molar-refractivity contribution is 0.495. The van der Waals surface area contributed by atoms with E-state index in [-0.39, 0.29) is 17.2 Å². The van der Waals surface area contributed by atoms with Crippen LogP contribution in [0.4, 0.5) is 0 Å². The Labute approximate surface area is 182 Å². The Hall–Kier alpha value is -3.44. The normalized spacial score (nSPS) is 15.7. The van der Waals surface area contributed by atoms with Gasteiger partial charge in [0, 0.05) is 37.3 Å². The maximum atomic E-state index is 13.4. The van der Waals surface area contributed by atoms with Gasteiger partial charge in [-0.05, 0) is 31.9 Å². The van der Waals surface area contributed by atoms with E-state index in [1.165, 1.54) is 7.05 Å². The molecule has 0 N–H and O–H groups in total. The van der Waals surface area contributed by atoms with Gasteiger partial charge in [-0.2, -0.15) is 5.26 Å². The summed E-state index contributed by atoms with van der Waals surface area (Å²) in [6.07, 6.45) is 1.85. The van der Waals surface area contributed by atoms with E-state index in [4.69, 9.17) is 4.98 Å². The average molecular weight is 432 g/mol. The van der Waals surface area contributed by atoms with E-state index in [2.05, 4.69) is 10.6 Å². The first-order chi connectivity index (χ1) is 14.9. The number of fused-ring (bicyclic) bond motifs is 3. The number of hydrogen-bond donors (Lipinski definition) is 0. The van der Waals surface area contributed by atoms with Gasteiger partial charge in [-0.1, -0.05) is 12.1 Å². The van der Waals surface area contributed by atoms with Crippen LogP contribution in [0.15, 0.2) is 39.2 Å². The third-order valence-corrected chi connectivity index (χ3v) is 7.19. The molecule has 156 valence electrons. The molecule has 1 aliphatic heterocycles. The fourth-order valence-electron chi connectivity index (χ4n) is 4.73. The number of rotatable bonds is 2. The first-order valence-corrected chi connectivity index (χ1v) is 11.0. The highest BCUT2D eigenvalue weighted by molar-refractivity contribution is 7.09. The number of benzene rings is 1. The lowest BCUT2D eigenvalue weighted by Gasteiger charge is -2.25. The van der Waals surface area contributed by atoms with Crippen LogP contribution in [0.3, 0.4) is 0 Å². The Morgan fingerprint density at radius 1 is 1.23 bits per heavy atom. The molecule has 1 aliphatic rings. The van der Waals surface area contributed by atoms with Gasteiger partial charge in [0.25, 0.3) is 5.56 Å². The van der Waals surface area contributed by atoms with Crippen molar-refractivity contribution in [1.29, 1.82) is 5.26 Å². The second kappa shape index (κ2) is 7.06. The van der Waals surface area contributed by atoms with E-state index < -0.39 is 0 Å². The number of aryl methyl sites for hydroxylation is 2. The maximum absolute atomic E-state index is 13.4. The SMILES string of the molecule is Cc1csc(C2CCCn3c(-c4cccc(C#N)c4)c4c(=O)n(C)c(=O)n(C)c4c32)n1. The van der Waals surface area contributed by atoms with Crippen molar-refractivity contribution in [1.82, 2.24) is 18.7 Å². The van der Waals surface area contributed by atoms with Crippen molar-refractivity contribution >= 4 is 22.2 Å². The minimum atomic E-state index is -0.345. The summed E-state index contributed by atoms with van der Waals surface area (Å²) >= 11 is 1.62. The fourth-order valence-corrected chi connectivity index (χ4v) is 5.66. The molecule has 0 spiro atoms. The summed E-state index contributed by atoms with van der Waals surface area (Å²) in [5.74, 6) is 0.0144. The van der Waals surface area contributed by atoms with E-state index in [1.807, 2.05) is 30.5 Å². The van der Waals surface area contributed by atoms with E-state index in [0.717, 1.165) is 51.6 Å². The van der Waals surface area contributed by atoms with Gasteiger partial charge in [0.05, 0.1) is 39.8 Å². The second-order valence-electron chi connectivity index (χ2n) is 8.03. The summed E-state index contributed by atoms with van der Waals surface area (Å²) < 4.78 is 4.92. The van der Waals surface area contributed by atoms with Gasteiger partial charge < -0.3 is 4.57 Å². The molecule has 5 rings (SSSR count). The molecule has 7 nitrogen and oxygen atoms in total. The molecule has 0 amide bonds. The van der Waals surface area contributed by atoms with Gasteiger partial charge in [-0.3, -0.25) is 13.9 Å². The zero-order valence-corrected chi connectivity index (χ0v) is 18.4. The van der Waals surface area contributed by atoms with Gasteiger partial charge in [0.15, 0.2) is 0 Å². The van der Waals surface area contributed by atoms with Crippen LogP contribution in [-0.2, 0) is 20.6 Å². The summed E-state index contributed by atoms with van der Waals surface area (Å²) in [6, 6.07) is 9.50. The molecule has 1 unspecified atom stereocenters. The third kappa shape index (κ3) is 2.81. The molecule has 0 fully saturated rings. The van der Waals surface area contributed by atoms with Crippen molar-refractivity contribution in [2.75, 3.05) is 0 Å². The molecule has 4 aromatic rings. The summed E-state index contributed by atoms with van der Waals surface area (Å²) in [6.45, 7) is 2.72. The largest absolute Gasteiger partial charge is 0.341 e. The predicted octanol–water partition coefficient (Wildman–Crippen LogP) is 3.27. The standard InChI is InChI=1S/C23H21N5O2S/c1-13-12-31-21(25-13)16-8-5-9-28-18(15-7-4-6-14(10-15)11-24)17-20(19(16)28)26(2)23(30)27(3)22(17)29/h4,6-7,10,12,16H,5,8-9H2,1-3H3. The first kappa shape index (κ1) is 19.5. The van der Waals surface area contributed by atoms with Crippen LogP contribution >= 0.6 is 11.3 Å². The van der Waals surface area contributed by atoms with Gasteiger partial charge in [-0.25, -0.2) is 9.78 Å². The number of nitrogens with zero attached hydrogens (tertiary/aromatic N) is 5. The van der Waals surface area contributed by atoms with Gasteiger partial charge >= 0.3 is 5.69 Å². The van der Waals surface area contributed by atoms with Gasteiger partial charge in [0.2, 0.25) is 0 Å². The maximum Gasteiger partial charge on any atom is 0.331 e. The van der Waals surface area contributed by atoms with Crippen LogP contribution in [0.5, 0.6) is 0 Å². The summed E-state index contributed by atoms with van der Waals surface area (Å²) in [4.78, 5) is 30.9. The average Bonchev–Trinajstić information content (AvgIpc) is 3.37. The Balaban J connectivity index is 1.96. The van der Waals surface area contributed by atoms with E-state index in [9.17, 15) is 14.9 Å². The number of nitriles is 1. The molecule has 4 heterocycles. The quantitative estimate of drug-likeness (QED) is 0.488. The fraction of sp³-hybridized carbons (Fsp3) is 0.304. The van der Waals surface area contributed by atoms with Crippen LogP contribution in [0, 0.1) is 18.3 Å². The zero-order valence-electron chi connectivity index (χ0n) is 17.5. The van der Waals surface area contributed by atoms with Crippen LogP contribution in [-0.4, -0.2) is 18.7 Å². The molecule has 31 heavy (non-hydrogen) atoms. The molecule has 0 radical (unpaired) electrons. The lowest BCUT2D eigenvalue weighted by Crippen LogP contribution is -2.37. The van der Waals surface area contributed by atoms with E-state index in [0.29, 0.717) is 16.5 Å². The van der Waals surface area contributed by atoms with Crippen molar-refractivity contribution in [3.05, 3.63) is 72.4 Å². The molecule has 0 saturated carbocycles. The summed E-state index contributed by atoms with van der Waals surface area (Å²) in [7, 11) is 3.23. The number of hydrogen-bond acceptors (Lipinski definition) is 5. The van der Waals surface area contributed by atoms with Gasteiger partial charge in [0.1, 0.15) is 5.01 Å². The molecule has 0 aliphatic carbocycles. The molecule has 8 heteroatoms. The molecule has 0 saturated heterocycles. The Bertz CT molecular complexity index is 1510. The molecule has 1 aromatic carbocycles. The lowest BCUT2D eigenvalue weighted by atomic mass is 9.95. The van der Waals surface area contributed by atoms with Crippen LogP contribution in [0.1, 0.15) is 40.7 Å². The topological polar surface area (TPSA) is 85.6 Å².